The number of hydrogen-bond acceptors (Lipinski definition) is 3. The molecule has 0 aliphatic rings. The lowest BCUT2D eigenvalue weighted by Gasteiger charge is -2.23. The summed E-state index contributed by atoms with van der Waals surface area (Å²) in [4.78, 5) is 0. The molecule has 1 aromatic heterocycles. The Morgan fingerprint density at radius 2 is 1.89 bits per heavy atom. The third-order valence-corrected chi connectivity index (χ3v) is 6.30. The molecule has 0 atom stereocenters. The lowest BCUT2D eigenvalue weighted by molar-refractivity contribution is 0.533. The van der Waals surface area contributed by atoms with Crippen LogP contribution in [0.2, 0.25) is 5.02 Å². The van der Waals surface area contributed by atoms with Crippen molar-refractivity contribution in [2.75, 3.05) is 10.8 Å². The van der Waals surface area contributed by atoms with Crippen molar-refractivity contribution in [3.05, 3.63) is 77.2 Å². The van der Waals surface area contributed by atoms with E-state index in [9.17, 15) is 12.8 Å². The SMILES string of the molecule is CCN(c1ccc(Cl)cc1F)S(=O)(=O)c1ccnn1CCc1ccccc1. The van der Waals surface area contributed by atoms with Gasteiger partial charge in [-0.2, -0.15) is 13.5 Å². The molecule has 0 fully saturated rings. The zero-order valence-electron chi connectivity index (χ0n) is 14.7. The topological polar surface area (TPSA) is 55.2 Å². The van der Waals surface area contributed by atoms with E-state index in [1.165, 1.54) is 29.1 Å². The van der Waals surface area contributed by atoms with Crippen LogP contribution in [-0.4, -0.2) is 24.7 Å². The maximum absolute atomic E-state index is 14.3. The van der Waals surface area contributed by atoms with Crippen LogP contribution < -0.4 is 4.31 Å². The molecule has 0 amide bonds. The molecule has 0 radical (unpaired) electrons. The Morgan fingerprint density at radius 3 is 2.56 bits per heavy atom. The fourth-order valence-corrected chi connectivity index (χ4v) is 4.62. The molecule has 3 rings (SSSR count). The van der Waals surface area contributed by atoms with E-state index in [2.05, 4.69) is 5.10 Å². The Bertz CT molecular complexity index is 1020. The van der Waals surface area contributed by atoms with Crippen molar-refractivity contribution in [3.8, 4) is 0 Å². The first-order valence-corrected chi connectivity index (χ1v) is 10.3. The second-order valence-corrected chi connectivity index (χ2v) is 8.14. The molecule has 0 N–H and O–H groups in total. The third-order valence-electron chi connectivity index (χ3n) is 4.15. The fourth-order valence-electron chi connectivity index (χ4n) is 2.85. The number of rotatable bonds is 7. The largest absolute Gasteiger partial charge is 0.281 e. The Hall–Kier alpha value is -2.38. The minimum atomic E-state index is -3.98. The molecule has 0 aliphatic carbocycles. The molecule has 1 heterocycles. The van der Waals surface area contributed by atoms with E-state index in [1.54, 1.807) is 6.92 Å². The highest BCUT2D eigenvalue weighted by Crippen LogP contribution is 2.28. The maximum atomic E-state index is 14.3. The van der Waals surface area contributed by atoms with Crippen molar-refractivity contribution in [1.82, 2.24) is 9.78 Å². The Balaban J connectivity index is 1.91. The van der Waals surface area contributed by atoms with Gasteiger partial charge in [0.1, 0.15) is 5.82 Å². The van der Waals surface area contributed by atoms with Gasteiger partial charge in [-0.05, 0) is 43.2 Å². The van der Waals surface area contributed by atoms with Gasteiger partial charge >= 0.3 is 0 Å². The van der Waals surface area contributed by atoms with Crippen molar-refractivity contribution < 1.29 is 12.8 Å². The van der Waals surface area contributed by atoms with Crippen molar-refractivity contribution >= 4 is 27.3 Å². The first kappa shape index (κ1) is 19.4. The molecule has 2 aromatic carbocycles. The van der Waals surface area contributed by atoms with Gasteiger partial charge in [0.2, 0.25) is 0 Å². The summed E-state index contributed by atoms with van der Waals surface area (Å²) in [7, 11) is -3.98. The van der Waals surface area contributed by atoms with E-state index in [4.69, 9.17) is 11.6 Å². The first-order valence-electron chi connectivity index (χ1n) is 8.47. The molecule has 8 heteroatoms. The van der Waals surface area contributed by atoms with E-state index < -0.39 is 15.8 Å². The Labute approximate surface area is 163 Å². The van der Waals surface area contributed by atoms with Crippen LogP contribution in [0.25, 0.3) is 0 Å². The second kappa shape index (κ2) is 8.10. The number of benzene rings is 2. The first-order chi connectivity index (χ1) is 12.9. The minimum Gasteiger partial charge on any atom is -0.262 e. The van der Waals surface area contributed by atoms with Crippen LogP contribution in [0.4, 0.5) is 10.1 Å². The average molecular weight is 408 g/mol. The van der Waals surface area contributed by atoms with Crippen LogP contribution in [0.1, 0.15) is 12.5 Å². The highest BCUT2D eigenvalue weighted by Gasteiger charge is 2.29. The minimum absolute atomic E-state index is 0.0228. The van der Waals surface area contributed by atoms with E-state index >= 15 is 0 Å². The molecule has 0 bridgehead atoms. The lowest BCUT2D eigenvalue weighted by Crippen LogP contribution is -2.33. The summed E-state index contributed by atoms with van der Waals surface area (Å²) in [5, 5.41) is 4.37. The van der Waals surface area contributed by atoms with Gasteiger partial charge in [0.25, 0.3) is 10.0 Å². The molecular weight excluding hydrogens is 389 g/mol. The Kier molecular flexibility index (Phi) is 5.82. The average Bonchev–Trinajstić information content (AvgIpc) is 3.13. The summed E-state index contributed by atoms with van der Waals surface area (Å²) in [6.07, 6.45) is 2.07. The smallest absolute Gasteiger partial charge is 0.262 e. The van der Waals surface area contributed by atoms with Gasteiger partial charge in [-0.15, -0.1) is 0 Å². The predicted molar refractivity (Wildman–Crippen MR) is 104 cm³/mol. The summed E-state index contributed by atoms with van der Waals surface area (Å²) in [6.45, 7) is 2.12. The third kappa shape index (κ3) is 4.14. The predicted octanol–water partition coefficient (Wildman–Crippen LogP) is 4.13. The molecule has 0 spiro atoms. The van der Waals surface area contributed by atoms with E-state index in [1.807, 2.05) is 30.3 Å². The van der Waals surface area contributed by atoms with Gasteiger partial charge in [-0.1, -0.05) is 41.9 Å². The second-order valence-electron chi connectivity index (χ2n) is 5.89. The zero-order valence-corrected chi connectivity index (χ0v) is 16.3. The normalized spacial score (nSPS) is 11.5. The van der Waals surface area contributed by atoms with E-state index in [0.717, 1.165) is 15.9 Å². The quantitative estimate of drug-likeness (QED) is 0.591. The summed E-state index contributed by atoms with van der Waals surface area (Å²) in [5.41, 5.74) is 1.03. The standard InChI is InChI=1S/C19H19ClFN3O2S/c1-2-24(18-9-8-16(20)14-17(18)21)27(25,26)19-10-12-22-23(19)13-11-15-6-4-3-5-7-15/h3-10,12,14H,2,11,13H2,1H3. The molecule has 5 nitrogen and oxygen atoms in total. The number of halogens is 2. The lowest BCUT2D eigenvalue weighted by atomic mass is 10.1. The number of hydrogen-bond donors (Lipinski definition) is 0. The van der Waals surface area contributed by atoms with Crippen LogP contribution in [0.3, 0.4) is 0 Å². The molecule has 27 heavy (non-hydrogen) atoms. The molecule has 0 aliphatic heterocycles. The number of nitrogens with zero attached hydrogens (tertiary/aromatic N) is 3. The molecule has 3 aromatic rings. The van der Waals surface area contributed by atoms with Crippen LogP contribution in [-0.2, 0) is 23.0 Å². The number of anilines is 1. The van der Waals surface area contributed by atoms with Gasteiger partial charge < -0.3 is 0 Å². The Morgan fingerprint density at radius 1 is 1.15 bits per heavy atom. The zero-order chi connectivity index (χ0) is 19.4. The van der Waals surface area contributed by atoms with Crippen molar-refractivity contribution in [3.63, 3.8) is 0 Å². The van der Waals surface area contributed by atoms with Crippen LogP contribution in [0.5, 0.6) is 0 Å². The van der Waals surface area contributed by atoms with Crippen molar-refractivity contribution in [2.24, 2.45) is 0 Å². The molecule has 0 saturated heterocycles. The van der Waals surface area contributed by atoms with Gasteiger partial charge in [0.05, 0.1) is 11.9 Å². The van der Waals surface area contributed by atoms with Gasteiger partial charge in [-0.25, -0.2) is 4.39 Å². The highest BCUT2D eigenvalue weighted by atomic mass is 35.5. The maximum Gasteiger partial charge on any atom is 0.281 e. The number of sulfonamides is 1. The molecule has 0 unspecified atom stereocenters. The fraction of sp³-hybridized carbons (Fsp3) is 0.211. The van der Waals surface area contributed by atoms with Gasteiger partial charge in [0, 0.05) is 18.1 Å². The van der Waals surface area contributed by atoms with Crippen LogP contribution in [0, 0.1) is 5.82 Å². The van der Waals surface area contributed by atoms with Crippen molar-refractivity contribution in [2.45, 2.75) is 24.9 Å². The van der Waals surface area contributed by atoms with Crippen LogP contribution >= 0.6 is 11.6 Å². The molecule has 142 valence electrons. The summed E-state index contributed by atoms with van der Waals surface area (Å²) in [5.74, 6) is -0.691. The summed E-state index contributed by atoms with van der Waals surface area (Å²) >= 11 is 5.78. The van der Waals surface area contributed by atoms with Crippen molar-refractivity contribution in [1.29, 1.82) is 0 Å². The number of aromatic nitrogens is 2. The van der Waals surface area contributed by atoms with E-state index in [-0.39, 0.29) is 22.3 Å². The van der Waals surface area contributed by atoms with Gasteiger partial charge in [-0.3, -0.25) is 8.99 Å². The summed E-state index contributed by atoms with van der Waals surface area (Å²) in [6, 6.07) is 15.1. The van der Waals surface area contributed by atoms with Gasteiger partial charge in [0.15, 0.2) is 5.03 Å². The molecular formula is C19H19ClFN3O2S. The van der Waals surface area contributed by atoms with Crippen LogP contribution in [0.15, 0.2) is 65.8 Å². The number of aryl methyl sites for hydroxylation is 2. The summed E-state index contributed by atoms with van der Waals surface area (Å²) < 4.78 is 43.1. The van der Waals surface area contributed by atoms with E-state index in [0.29, 0.717) is 13.0 Å². The monoisotopic (exact) mass is 407 g/mol. The highest BCUT2D eigenvalue weighted by molar-refractivity contribution is 7.92. The molecule has 0 saturated carbocycles.